The summed E-state index contributed by atoms with van der Waals surface area (Å²) in [6.45, 7) is 7.41. The number of nitrogens with zero attached hydrogens (tertiary/aromatic N) is 1. The van der Waals surface area contributed by atoms with Gasteiger partial charge in [0.2, 0.25) is 0 Å². The zero-order valence-electron chi connectivity index (χ0n) is 19.1. The van der Waals surface area contributed by atoms with Crippen LogP contribution < -0.4 is 0 Å². The highest BCUT2D eigenvalue weighted by Gasteiger charge is 2.61. The van der Waals surface area contributed by atoms with Crippen LogP contribution in [0.5, 0.6) is 0 Å². The van der Waals surface area contributed by atoms with Crippen molar-refractivity contribution in [1.82, 2.24) is 9.97 Å². The van der Waals surface area contributed by atoms with E-state index in [1.807, 2.05) is 26.0 Å². The van der Waals surface area contributed by atoms with E-state index >= 15 is 0 Å². The molecule has 2 aromatic rings. The zero-order valence-corrected chi connectivity index (χ0v) is 20.9. The minimum atomic E-state index is -4.08. The summed E-state index contributed by atoms with van der Waals surface area (Å²) in [4.78, 5) is 18.0. The first-order chi connectivity index (χ1) is 15.4. The van der Waals surface area contributed by atoms with Gasteiger partial charge >= 0.3 is 7.60 Å². The van der Waals surface area contributed by atoms with Crippen LogP contribution in [0.3, 0.4) is 0 Å². The van der Waals surface area contributed by atoms with E-state index in [9.17, 15) is 19.7 Å². The SMILES string of the molecule is CCC(C)(CC1OC(c2cc3cc(C)cnc3[nH]c2=S)C(O)C1O)OP(=O)(O)C1(CC)CO1. The molecule has 2 aliphatic heterocycles. The summed E-state index contributed by atoms with van der Waals surface area (Å²) in [6.07, 6.45) is -1.55. The largest absolute Gasteiger partial charge is 0.388 e. The lowest BCUT2D eigenvalue weighted by molar-refractivity contribution is -0.0484. The first-order valence-electron chi connectivity index (χ1n) is 11.1. The van der Waals surface area contributed by atoms with Gasteiger partial charge in [-0.05, 0) is 44.4 Å². The molecule has 7 atom stereocenters. The van der Waals surface area contributed by atoms with E-state index in [4.69, 9.17) is 26.2 Å². The van der Waals surface area contributed by atoms with Crippen LogP contribution in [0, 0.1) is 11.6 Å². The number of nitrogens with one attached hydrogen (secondary N) is 1. The molecule has 0 amide bonds. The van der Waals surface area contributed by atoms with Gasteiger partial charge in [0, 0.05) is 23.6 Å². The van der Waals surface area contributed by atoms with Crippen LogP contribution >= 0.6 is 19.8 Å². The molecule has 0 saturated carbocycles. The molecular weight excluding hydrogens is 467 g/mol. The number of aliphatic hydroxyl groups is 2. The summed E-state index contributed by atoms with van der Waals surface area (Å²) in [7, 11) is -4.08. The highest BCUT2D eigenvalue weighted by molar-refractivity contribution is 7.71. The fourth-order valence-electron chi connectivity index (χ4n) is 4.31. The number of H-pyrrole nitrogens is 1. The van der Waals surface area contributed by atoms with Crippen molar-refractivity contribution in [2.45, 2.75) is 82.3 Å². The summed E-state index contributed by atoms with van der Waals surface area (Å²) in [6, 6.07) is 3.75. The zero-order chi connectivity index (χ0) is 24.2. The third-order valence-corrected chi connectivity index (χ3v) is 9.43. The molecule has 182 valence electrons. The number of hydrogen-bond acceptors (Lipinski definition) is 8. The molecule has 4 heterocycles. The summed E-state index contributed by atoms with van der Waals surface area (Å²) in [5, 5.41) is 21.2. The van der Waals surface area contributed by atoms with Gasteiger partial charge in [0.05, 0.1) is 18.3 Å². The lowest BCUT2D eigenvalue weighted by Crippen LogP contribution is -2.39. The van der Waals surface area contributed by atoms with Crippen LogP contribution in [-0.4, -0.2) is 60.9 Å². The molecule has 0 aliphatic carbocycles. The molecule has 0 bridgehead atoms. The average molecular weight is 499 g/mol. The van der Waals surface area contributed by atoms with E-state index in [0.717, 1.165) is 10.9 Å². The lowest BCUT2D eigenvalue weighted by atomic mass is 9.92. The topological polar surface area (TPSA) is 137 Å². The van der Waals surface area contributed by atoms with Gasteiger partial charge in [-0.3, -0.25) is 4.57 Å². The Morgan fingerprint density at radius 3 is 2.67 bits per heavy atom. The Morgan fingerprint density at radius 1 is 1.36 bits per heavy atom. The molecule has 2 fully saturated rings. The standard InChI is InChI=1S/C22H31N2O7PS/c1-5-21(4,31-32(27,28)22(6-2)11-29-22)9-15-16(25)17(26)18(30-15)14-8-13-7-12(3)10-23-19(13)24-20(14)33/h7-8,10,15-18,25-26H,5-6,9,11H2,1-4H3,(H,27,28)(H,23,24,33). The van der Waals surface area contributed by atoms with Gasteiger partial charge in [-0.15, -0.1) is 0 Å². The number of rotatable bonds is 8. The van der Waals surface area contributed by atoms with Crippen molar-refractivity contribution in [3.8, 4) is 0 Å². The Balaban J connectivity index is 1.57. The summed E-state index contributed by atoms with van der Waals surface area (Å²) in [5.41, 5.74) is 1.06. The smallest absolute Gasteiger partial charge is 0.362 e. The van der Waals surface area contributed by atoms with Crippen LogP contribution in [0.2, 0.25) is 0 Å². The number of aryl methyl sites for hydroxylation is 1. The maximum atomic E-state index is 12.9. The van der Waals surface area contributed by atoms with Gasteiger partial charge in [0.25, 0.3) is 0 Å². The fourth-order valence-corrected chi connectivity index (χ4v) is 6.34. The van der Waals surface area contributed by atoms with Gasteiger partial charge in [-0.25, -0.2) is 4.98 Å². The Kier molecular flexibility index (Phi) is 6.61. The molecule has 2 saturated heterocycles. The van der Waals surface area contributed by atoms with Gasteiger partial charge in [0.1, 0.15) is 28.6 Å². The van der Waals surface area contributed by atoms with Crippen LogP contribution in [0.15, 0.2) is 18.3 Å². The Hall–Kier alpha value is -1.23. The lowest BCUT2D eigenvalue weighted by Gasteiger charge is -2.35. The van der Waals surface area contributed by atoms with E-state index in [1.54, 1.807) is 20.0 Å². The number of ether oxygens (including phenoxy) is 2. The maximum absolute atomic E-state index is 12.9. The summed E-state index contributed by atoms with van der Waals surface area (Å²) >= 11 is 5.47. The molecule has 33 heavy (non-hydrogen) atoms. The van der Waals surface area contributed by atoms with Gasteiger partial charge < -0.3 is 34.1 Å². The van der Waals surface area contributed by atoms with Crippen LogP contribution in [0.25, 0.3) is 11.0 Å². The molecular formula is C22H31N2O7PS. The number of pyridine rings is 2. The predicted molar refractivity (Wildman–Crippen MR) is 124 cm³/mol. The minimum absolute atomic E-state index is 0.104. The van der Waals surface area contributed by atoms with E-state index in [0.29, 0.717) is 28.7 Å². The van der Waals surface area contributed by atoms with Gasteiger partial charge in [0.15, 0.2) is 5.34 Å². The summed E-state index contributed by atoms with van der Waals surface area (Å²) < 4.78 is 30.4. The molecule has 9 nitrogen and oxygen atoms in total. The molecule has 0 spiro atoms. The second-order valence-electron chi connectivity index (χ2n) is 9.29. The normalized spacial score (nSPS) is 33.1. The van der Waals surface area contributed by atoms with Crippen molar-refractivity contribution in [3.63, 3.8) is 0 Å². The second-order valence-corrected chi connectivity index (χ2v) is 11.7. The third-order valence-electron chi connectivity index (χ3n) is 6.80. The van der Waals surface area contributed by atoms with Crippen LogP contribution in [0.4, 0.5) is 0 Å². The second kappa shape index (κ2) is 8.77. The summed E-state index contributed by atoms with van der Waals surface area (Å²) in [5.74, 6) is 0. The molecule has 11 heteroatoms. The van der Waals surface area contributed by atoms with Crippen molar-refractivity contribution in [3.05, 3.63) is 34.1 Å². The van der Waals surface area contributed by atoms with E-state index in [2.05, 4.69) is 9.97 Å². The number of fused-ring (bicyclic) bond motifs is 1. The van der Waals surface area contributed by atoms with E-state index in [1.165, 1.54) is 0 Å². The van der Waals surface area contributed by atoms with Gasteiger partial charge in [-0.1, -0.05) is 26.1 Å². The number of epoxide rings is 1. The van der Waals surface area contributed by atoms with Crippen molar-refractivity contribution >= 4 is 30.8 Å². The first kappa shape index (κ1) is 24.9. The quantitative estimate of drug-likeness (QED) is 0.244. The molecule has 4 rings (SSSR count). The Bertz CT molecular complexity index is 1150. The third kappa shape index (κ3) is 4.56. The highest BCUT2D eigenvalue weighted by atomic mass is 32.1. The molecule has 7 unspecified atom stereocenters. The Labute approximate surface area is 197 Å². The first-order valence-corrected chi connectivity index (χ1v) is 13.1. The number of aliphatic hydroxyl groups excluding tert-OH is 2. The van der Waals surface area contributed by atoms with Crippen molar-refractivity contribution in [2.75, 3.05) is 6.61 Å². The molecule has 4 N–H and O–H groups in total. The van der Waals surface area contributed by atoms with Crippen molar-refractivity contribution < 1.29 is 33.7 Å². The monoisotopic (exact) mass is 498 g/mol. The molecule has 2 aliphatic rings. The Morgan fingerprint density at radius 2 is 2.06 bits per heavy atom. The van der Waals surface area contributed by atoms with E-state index < -0.39 is 43.0 Å². The van der Waals surface area contributed by atoms with Crippen LogP contribution in [-0.2, 0) is 18.6 Å². The predicted octanol–water partition coefficient (Wildman–Crippen LogP) is 3.66. The van der Waals surface area contributed by atoms with Crippen LogP contribution in [0.1, 0.15) is 57.3 Å². The van der Waals surface area contributed by atoms with Crippen molar-refractivity contribution in [1.29, 1.82) is 0 Å². The van der Waals surface area contributed by atoms with Gasteiger partial charge in [-0.2, -0.15) is 0 Å². The van der Waals surface area contributed by atoms with E-state index in [-0.39, 0.29) is 13.0 Å². The highest BCUT2D eigenvalue weighted by Crippen LogP contribution is 2.66. The molecule has 2 aromatic heterocycles. The number of aromatic nitrogens is 2. The average Bonchev–Trinajstić information content (AvgIpc) is 3.53. The number of aromatic amines is 1. The molecule has 0 aromatic carbocycles. The number of hydrogen-bond donors (Lipinski definition) is 4. The minimum Gasteiger partial charge on any atom is -0.388 e. The maximum Gasteiger partial charge on any atom is 0.362 e. The fraction of sp³-hybridized carbons (Fsp3) is 0.636. The molecule has 0 radical (unpaired) electrons. The van der Waals surface area contributed by atoms with Crippen molar-refractivity contribution in [2.24, 2.45) is 0 Å².